The molecule has 2 atom stereocenters. The van der Waals surface area contributed by atoms with Gasteiger partial charge in [0.15, 0.2) is 0 Å². The normalized spacial score (nSPS) is 26.8. The largest absolute Gasteiger partial charge is 0.347 e. The molecule has 1 aliphatic heterocycles. The highest BCUT2D eigenvalue weighted by Crippen LogP contribution is 2.58. The topological polar surface area (TPSA) is 69.8 Å². The molecule has 1 aliphatic carbocycles. The van der Waals surface area contributed by atoms with Crippen LogP contribution in [0.15, 0.2) is 12.4 Å². The number of hydrogen-bond acceptors (Lipinski definition) is 3. The average Bonchev–Trinajstić information content (AvgIpc) is 2.84. The number of imidazole rings is 1. The number of carbonyl (C=O) groups is 1. The molecule has 98 valence electrons. The van der Waals surface area contributed by atoms with Gasteiger partial charge in [0.2, 0.25) is 5.91 Å². The number of amides is 1. The number of hydrogen-bond donors (Lipinski definition) is 3. The fourth-order valence-corrected chi connectivity index (χ4v) is 3.09. The molecule has 3 N–H and O–H groups in total. The number of carbonyl (C=O) groups excluding carboxylic acids is 1. The second kappa shape index (κ2) is 4.39. The third-order valence-corrected chi connectivity index (χ3v) is 4.39. The maximum atomic E-state index is 12.2. The van der Waals surface area contributed by atoms with Crippen LogP contribution in [0.3, 0.4) is 0 Å². The van der Waals surface area contributed by atoms with Crippen molar-refractivity contribution < 1.29 is 4.79 Å². The van der Waals surface area contributed by atoms with Gasteiger partial charge < -0.3 is 15.6 Å². The molecule has 1 aromatic rings. The third-order valence-electron chi connectivity index (χ3n) is 4.39. The first-order valence-corrected chi connectivity index (χ1v) is 6.72. The minimum absolute atomic E-state index is 0.0353. The van der Waals surface area contributed by atoms with Crippen LogP contribution in [0.2, 0.25) is 0 Å². The highest BCUT2D eigenvalue weighted by molar-refractivity contribution is 5.82. The standard InChI is InChI=1S/C13H20N4O/c1-9(11-15-6-7-16-11)17-12(18)10-8-13(10)2-4-14-5-3-13/h6-7,9-10,14H,2-5,8H2,1H3,(H,15,16)(H,17,18). The Labute approximate surface area is 107 Å². The zero-order valence-electron chi connectivity index (χ0n) is 10.7. The molecule has 3 rings (SSSR count). The lowest BCUT2D eigenvalue weighted by Gasteiger charge is -2.23. The monoisotopic (exact) mass is 248 g/mol. The van der Waals surface area contributed by atoms with Gasteiger partial charge in [-0.1, -0.05) is 0 Å². The van der Waals surface area contributed by atoms with Crippen LogP contribution in [0.1, 0.15) is 38.1 Å². The van der Waals surface area contributed by atoms with Gasteiger partial charge in [0, 0.05) is 18.3 Å². The summed E-state index contributed by atoms with van der Waals surface area (Å²) in [5.74, 6) is 1.24. The van der Waals surface area contributed by atoms with Crippen LogP contribution in [0.4, 0.5) is 0 Å². The molecule has 0 radical (unpaired) electrons. The van der Waals surface area contributed by atoms with E-state index in [1.807, 2.05) is 6.92 Å². The number of rotatable bonds is 3. The zero-order chi connectivity index (χ0) is 12.6. The van der Waals surface area contributed by atoms with Gasteiger partial charge in [0.25, 0.3) is 0 Å². The van der Waals surface area contributed by atoms with Crippen LogP contribution in [-0.2, 0) is 4.79 Å². The van der Waals surface area contributed by atoms with E-state index < -0.39 is 0 Å². The van der Waals surface area contributed by atoms with Crippen LogP contribution >= 0.6 is 0 Å². The summed E-state index contributed by atoms with van der Waals surface area (Å²) in [6, 6.07) is -0.0353. The van der Waals surface area contributed by atoms with Crippen molar-refractivity contribution in [3.8, 4) is 0 Å². The summed E-state index contributed by atoms with van der Waals surface area (Å²) in [7, 11) is 0. The van der Waals surface area contributed by atoms with E-state index in [0.717, 1.165) is 38.2 Å². The minimum atomic E-state index is -0.0353. The Morgan fingerprint density at radius 2 is 2.33 bits per heavy atom. The maximum absolute atomic E-state index is 12.2. The zero-order valence-corrected chi connectivity index (χ0v) is 10.7. The van der Waals surface area contributed by atoms with E-state index in [0.29, 0.717) is 5.41 Å². The first kappa shape index (κ1) is 11.7. The maximum Gasteiger partial charge on any atom is 0.224 e. The highest BCUT2D eigenvalue weighted by Gasteiger charge is 2.57. The number of aromatic nitrogens is 2. The minimum Gasteiger partial charge on any atom is -0.347 e. The van der Waals surface area contributed by atoms with Crippen LogP contribution in [0.25, 0.3) is 0 Å². The van der Waals surface area contributed by atoms with Crippen LogP contribution < -0.4 is 10.6 Å². The van der Waals surface area contributed by atoms with E-state index >= 15 is 0 Å². The van der Waals surface area contributed by atoms with Crippen LogP contribution in [0.5, 0.6) is 0 Å². The summed E-state index contributed by atoms with van der Waals surface area (Å²) in [4.78, 5) is 19.4. The van der Waals surface area contributed by atoms with Gasteiger partial charge in [-0.25, -0.2) is 4.98 Å². The Hall–Kier alpha value is -1.36. The number of nitrogens with zero attached hydrogens (tertiary/aromatic N) is 1. The fourth-order valence-electron chi connectivity index (χ4n) is 3.09. The molecule has 0 bridgehead atoms. The van der Waals surface area contributed by atoms with Gasteiger partial charge in [0.1, 0.15) is 5.82 Å². The summed E-state index contributed by atoms with van der Waals surface area (Å²) in [6.07, 6.45) is 6.83. The van der Waals surface area contributed by atoms with Crippen molar-refractivity contribution >= 4 is 5.91 Å². The molecule has 1 spiro atoms. The van der Waals surface area contributed by atoms with E-state index in [4.69, 9.17) is 0 Å². The van der Waals surface area contributed by atoms with E-state index in [9.17, 15) is 4.79 Å². The van der Waals surface area contributed by atoms with Crippen molar-refractivity contribution in [3.05, 3.63) is 18.2 Å². The summed E-state index contributed by atoms with van der Waals surface area (Å²) in [5, 5.41) is 6.42. The predicted octanol–water partition coefficient (Wildman–Crippen LogP) is 0.977. The van der Waals surface area contributed by atoms with Crippen molar-refractivity contribution in [2.75, 3.05) is 13.1 Å². The van der Waals surface area contributed by atoms with Crippen molar-refractivity contribution in [2.24, 2.45) is 11.3 Å². The molecular formula is C13H20N4O. The van der Waals surface area contributed by atoms with Crippen molar-refractivity contribution in [2.45, 2.75) is 32.2 Å². The van der Waals surface area contributed by atoms with Crippen LogP contribution in [-0.4, -0.2) is 29.0 Å². The molecular weight excluding hydrogens is 228 g/mol. The lowest BCUT2D eigenvalue weighted by molar-refractivity contribution is -0.124. The fraction of sp³-hybridized carbons (Fsp3) is 0.692. The van der Waals surface area contributed by atoms with Crippen molar-refractivity contribution in [1.29, 1.82) is 0 Å². The Bertz CT molecular complexity index is 422. The molecule has 5 heteroatoms. The summed E-state index contributed by atoms with van der Waals surface area (Å²) < 4.78 is 0. The molecule has 1 aromatic heterocycles. The number of piperidine rings is 1. The number of aromatic amines is 1. The molecule has 2 heterocycles. The first-order valence-electron chi connectivity index (χ1n) is 6.72. The van der Waals surface area contributed by atoms with Gasteiger partial charge in [-0.05, 0) is 44.7 Å². The first-order chi connectivity index (χ1) is 8.71. The van der Waals surface area contributed by atoms with E-state index in [1.54, 1.807) is 12.4 Å². The Morgan fingerprint density at radius 1 is 1.56 bits per heavy atom. The van der Waals surface area contributed by atoms with E-state index in [-0.39, 0.29) is 17.9 Å². The number of nitrogens with one attached hydrogen (secondary N) is 3. The molecule has 1 saturated carbocycles. The smallest absolute Gasteiger partial charge is 0.224 e. The third kappa shape index (κ3) is 2.03. The average molecular weight is 248 g/mol. The molecule has 1 amide bonds. The Balaban J connectivity index is 1.57. The Morgan fingerprint density at radius 3 is 3.00 bits per heavy atom. The second-order valence-corrected chi connectivity index (χ2v) is 5.57. The van der Waals surface area contributed by atoms with Crippen molar-refractivity contribution in [3.63, 3.8) is 0 Å². The summed E-state index contributed by atoms with van der Waals surface area (Å²) in [6.45, 7) is 4.07. The van der Waals surface area contributed by atoms with Gasteiger partial charge in [-0.2, -0.15) is 0 Å². The predicted molar refractivity (Wildman–Crippen MR) is 67.8 cm³/mol. The van der Waals surface area contributed by atoms with Crippen molar-refractivity contribution in [1.82, 2.24) is 20.6 Å². The van der Waals surface area contributed by atoms with E-state index in [2.05, 4.69) is 20.6 Å². The lowest BCUT2D eigenvalue weighted by Crippen LogP contribution is -2.34. The summed E-state index contributed by atoms with van der Waals surface area (Å²) in [5.41, 5.74) is 0.304. The molecule has 2 aliphatic rings. The van der Waals surface area contributed by atoms with Gasteiger partial charge in [0.05, 0.1) is 6.04 Å². The quantitative estimate of drug-likeness (QED) is 0.746. The molecule has 18 heavy (non-hydrogen) atoms. The number of H-pyrrole nitrogens is 1. The molecule has 5 nitrogen and oxygen atoms in total. The molecule has 2 unspecified atom stereocenters. The highest BCUT2D eigenvalue weighted by atomic mass is 16.2. The second-order valence-electron chi connectivity index (χ2n) is 5.57. The molecule has 1 saturated heterocycles. The van der Waals surface area contributed by atoms with Gasteiger partial charge >= 0.3 is 0 Å². The Kier molecular flexibility index (Phi) is 2.86. The molecule has 2 fully saturated rings. The van der Waals surface area contributed by atoms with Crippen LogP contribution in [0, 0.1) is 11.3 Å². The SMILES string of the molecule is CC(NC(=O)C1CC12CCNCC2)c1ncc[nH]1. The summed E-state index contributed by atoms with van der Waals surface area (Å²) >= 11 is 0. The lowest BCUT2D eigenvalue weighted by atomic mass is 9.91. The van der Waals surface area contributed by atoms with Gasteiger partial charge in [-0.15, -0.1) is 0 Å². The van der Waals surface area contributed by atoms with E-state index in [1.165, 1.54) is 0 Å². The van der Waals surface area contributed by atoms with Gasteiger partial charge in [-0.3, -0.25) is 4.79 Å². The molecule has 0 aromatic carbocycles.